The molecule has 3 aromatic rings. The number of benzene rings is 1. The standard InChI is InChI=1S/C16H16FN3OS2.BrH/c1-8-15(23-10(3)18-8)14-9(2)22-16(20-14)19-12-7-11(17)5-6-13(12)21-4;/h5-7H,1-4H3,(H,19,20);1H. The van der Waals surface area contributed by atoms with Gasteiger partial charge in [-0.3, -0.25) is 0 Å². The minimum Gasteiger partial charge on any atom is -0.495 e. The maximum absolute atomic E-state index is 13.5. The number of aromatic nitrogens is 2. The Hall–Kier alpha value is -1.51. The molecule has 2 heterocycles. The molecule has 1 aromatic carbocycles. The van der Waals surface area contributed by atoms with Crippen molar-refractivity contribution in [3.05, 3.63) is 39.6 Å². The van der Waals surface area contributed by atoms with Crippen LogP contribution in [0.25, 0.3) is 10.6 Å². The molecule has 0 aliphatic carbocycles. The monoisotopic (exact) mass is 429 g/mol. The van der Waals surface area contributed by atoms with Gasteiger partial charge in [0, 0.05) is 10.9 Å². The number of anilines is 2. The normalized spacial score (nSPS) is 10.4. The van der Waals surface area contributed by atoms with Crippen LogP contribution < -0.4 is 10.1 Å². The summed E-state index contributed by atoms with van der Waals surface area (Å²) in [4.78, 5) is 11.3. The molecule has 2 aromatic heterocycles. The van der Waals surface area contributed by atoms with Crippen molar-refractivity contribution in [3.63, 3.8) is 0 Å². The second-order valence-electron chi connectivity index (χ2n) is 5.04. The van der Waals surface area contributed by atoms with Gasteiger partial charge in [0.1, 0.15) is 11.6 Å². The molecule has 0 unspecified atom stereocenters. The lowest BCUT2D eigenvalue weighted by Crippen LogP contribution is -1.95. The molecular weight excluding hydrogens is 413 g/mol. The average molecular weight is 430 g/mol. The van der Waals surface area contributed by atoms with Gasteiger partial charge in [-0.15, -0.1) is 39.7 Å². The Morgan fingerprint density at radius 2 is 1.88 bits per heavy atom. The fourth-order valence-electron chi connectivity index (χ4n) is 2.30. The van der Waals surface area contributed by atoms with E-state index in [9.17, 15) is 4.39 Å². The van der Waals surface area contributed by atoms with Crippen molar-refractivity contribution >= 4 is 50.5 Å². The predicted molar refractivity (Wildman–Crippen MR) is 104 cm³/mol. The topological polar surface area (TPSA) is 47.0 Å². The lowest BCUT2D eigenvalue weighted by molar-refractivity contribution is 0.416. The van der Waals surface area contributed by atoms with E-state index in [-0.39, 0.29) is 22.8 Å². The number of hydrogen-bond donors (Lipinski definition) is 1. The zero-order chi connectivity index (χ0) is 16.6. The summed E-state index contributed by atoms with van der Waals surface area (Å²) in [5, 5.41) is 4.87. The van der Waals surface area contributed by atoms with Crippen LogP contribution in [-0.2, 0) is 0 Å². The summed E-state index contributed by atoms with van der Waals surface area (Å²) in [6.45, 7) is 6.00. The molecule has 0 amide bonds. The first-order valence-corrected chi connectivity index (χ1v) is 8.63. The van der Waals surface area contributed by atoms with Crippen LogP contribution in [0.2, 0.25) is 0 Å². The molecule has 0 bridgehead atoms. The van der Waals surface area contributed by atoms with Gasteiger partial charge in [-0.1, -0.05) is 0 Å². The molecule has 0 saturated carbocycles. The Morgan fingerprint density at radius 1 is 1.12 bits per heavy atom. The highest BCUT2D eigenvalue weighted by atomic mass is 79.9. The number of nitrogens with one attached hydrogen (secondary N) is 1. The summed E-state index contributed by atoms with van der Waals surface area (Å²) in [5.41, 5.74) is 2.47. The molecule has 128 valence electrons. The van der Waals surface area contributed by atoms with E-state index in [0.717, 1.165) is 26.1 Å². The van der Waals surface area contributed by atoms with E-state index < -0.39 is 0 Å². The van der Waals surface area contributed by atoms with Crippen molar-refractivity contribution < 1.29 is 9.13 Å². The molecule has 0 aliphatic heterocycles. The Labute approximate surface area is 158 Å². The SMILES string of the molecule is Br.COc1ccc(F)cc1Nc1nc(-c2sc(C)nc2C)c(C)s1. The Morgan fingerprint density at radius 3 is 2.50 bits per heavy atom. The van der Waals surface area contributed by atoms with Gasteiger partial charge in [0.2, 0.25) is 0 Å². The quantitative estimate of drug-likeness (QED) is 0.580. The maximum Gasteiger partial charge on any atom is 0.188 e. The first kappa shape index (κ1) is 18.8. The fourth-order valence-corrected chi connectivity index (χ4v) is 4.17. The minimum atomic E-state index is -0.323. The number of hydrogen-bond acceptors (Lipinski definition) is 6. The summed E-state index contributed by atoms with van der Waals surface area (Å²) in [5.74, 6) is 0.251. The van der Waals surface area contributed by atoms with Gasteiger partial charge in [-0.2, -0.15) is 0 Å². The van der Waals surface area contributed by atoms with Gasteiger partial charge < -0.3 is 10.1 Å². The molecule has 0 aliphatic rings. The third-order valence-electron chi connectivity index (χ3n) is 3.32. The number of methoxy groups -OCH3 is 1. The third kappa shape index (κ3) is 3.76. The number of aryl methyl sites for hydroxylation is 3. The second kappa shape index (κ2) is 7.58. The molecular formula is C16H17BrFN3OS2. The summed E-state index contributed by atoms with van der Waals surface area (Å²) in [6, 6.07) is 4.36. The zero-order valence-electron chi connectivity index (χ0n) is 13.6. The van der Waals surface area contributed by atoms with Gasteiger partial charge in [0.15, 0.2) is 5.13 Å². The van der Waals surface area contributed by atoms with Gasteiger partial charge in [-0.25, -0.2) is 14.4 Å². The van der Waals surface area contributed by atoms with E-state index in [0.29, 0.717) is 16.6 Å². The molecule has 0 radical (unpaired) electrons. The highest BCUT2D eigenvalue weighted by molar-refractivity contribution is 8.93. The van der Waals surface area contributed by atoms with E-state index in [1.54, 1.807) is 24.5 Å². The average Bonchev–Trinajstić information content (AvgIpc) is 3.01. The lowest BCUT2D eigenvalue weighted by Gasteiger charge is -2.08. The van der Waals surface area contributed by atoms with Crippen molar-refractivity contribution in [2.24, 2.45) is 0 Å². The molecule has 24 heavy (non-hydrogen) atoms. The Kier molecular flexibility index (Phi) is 5.95. The zero-order valence-corrected chi connectivity index (χ0v) is 17.0. The van der Waals surface area contributed by atoms with Crippen LogP contribution in [0.1, 0.15) is 15.6 Å². The third-order valence-corrected chi connectivity index (χ3v) is 5.28. The highest BCUT2D eigenvalue weighted by Gasteiger charge is 2.16. The fraction of sp³-hybridized carbons (Fsp3) is 0.250. The van der Waals surface area contributed by atoms with Crippen LogP contribution in [0.4, 0.5) is 15.2 Å². The smallest absolute Gasteiger partial charge is 0.188 e. The van der Waals surface area contributed by atoms with Gasteiger partial charge in [-0.05, 0) is 32.9 Å². The molecule has 0 fully saturated rings. The van der Waals surface area contributed by atoms with Crippen molar-refractivity contribution in [2.45, 2.75) is 20.8 Å². The van der Waals surface area contributed by atoms with Crippen LogP contribution in [0.3, 0.4) is 0 Å². The van der Waals surface area contributed by atoms with E-state index in [1.165, 1.54) is 23.5 Å². The molecule has 0 spiro atoms. The minimum absolute atomic E-state index is 0. The highest BCUT2D eigenvalue weighted by Crippen LogP contribution is 2.37. The van der Waals surface area contributed by atoms with Crippen molar-refractivity contribution in [1.82, 2.24) is 9.97 Å². The summed E-state index contributed by atoms with van der Waals surface area (Å²) in [6.07, 6.45) is 0. The number of thiazole rings is 2. The van der Waals surface area contributed by atoms with Crippen molar-refractivity contribution in [2.75, 3.05) is 12.4 Å². The van der Waals surface area contributed by atoms with Crippen LogP contribution in [0, 0.1) is 26.6 Å². The molecule has 8 heteroatoms. The maximum atomic E-state index is 13.5. The van der Waals surface area contributed by atoms with E-state index >= 15 is 0 Å². The van der Waals surface area contributed by atoms with Crippen LogP contribution >= 0.6 is 39.7 Å². The molecule has 1 N–H and O–H groups in total. The Balaban J connectivity index is 0.00000208. The van der Waals surface area contributed by atoms with E-state index in [2.05, 4.69) is 15.3 Å². The lowest BCUT2D eigenvalue weighted by atomic mass is 10.3. The number of rotatable bonds is 4. The molecule has 3 rings (SSSR count). The van der Waals surface area contributed by atoms with Gasteiger partial charge in [0.25, 0.3) is 0 Å². The molecule has 0 atom stereocenters. The first-order valence-electron chi connectivity index (χ1n) is 7.00. The predicted octanol–water partition coefficient (Wildman–Crippen LogP) is 5.66. The first-order chi connectivity index (χ1) is 11.0. The van der Waals surface area contributed by atoms with E-state index in [4.69, 9.17) is 4.74 Å². The second-order valence-corrected chi connectivity index (χ2v) is 7.45. The summed E-state index contributed by atoms with van der Waals surface area (Å²) < 4.78 is 18.7. The number of halogens is 2. The van der Waals surface area contributed by atoms with Crippen LogP contribution in [-0.4, -0.2) is 17.1 Å². The molecule has 4 nitrogen and oxygen atoms in total. The van der Waals surface area contributed by atoms with Gasteiger partial charge >= 0.3 is 0 Å². The van der Waals surface area contributed by atoms with Gasteiger partial charge in [0.05, 0.1) is 34.1 Å². The summed E-state index contributed by atoms with van der Waals surface area (Å²) >= 11 is 3.16. The Bertz CT molecular complexity index is 863. The number of nitrogens with zero attached hydrogens (tertiary/aromatic N) is 2. The van der Waals surface area contributed by atoms with Crippen molar-refractivity contribution in [3.8, 4) is 16.3 Å². The van der Waals surface area contributed by atoms with Crippen LogP contribution in [0.5, 0.6) is 5.75 Å². The summed E-state index contributed by atoms with van der Waals surface area (Å²) in [7, 11) is 1.56. The van der Waals surface area contributed by atoms with E-state index in [1.807, 2.05) is 20.8 Å². The number of ether oxygens (including phenoxy) is 1. The molecule has 0 saturated heterocycles. The van der Waals surface area contributed by atoms with Crippen molar-refractivity contribution in [1.29, 1.82) is 0 Å². The largest absolute Gasteiger partial charge is 0.495 e. The van der Waals surface area contributed by atoms with Crippen LogP contribution in [0.15, 0.2) is 18.2 Å².